The molecule has 0 aliphatic carbocycles. The maximum absolute atomic E-state index is 5.54. The zero-order valence-corrected chi connectivity index (χ0v) is 4.80. The van der Waals surface area contributed by atoms with Gasteiger partial charge < -0.3 is 0 Å². The quantitative estimate of drug-likeness (QED) is 0.289. The summed E-state index contributed by atoms with van der Waals surface area (Å²) in [6, 6.07) is 0. The molecule has 34 valence electrons. The molecule has 1 aliphatic rings. The summed E-state index contributed by atoms with van der Waals surface area (Å²) in [7, 11) is 0. The molecule has 0 aromatic rings. The van der Waals surface area contributed by atoms with E-state index in [1.54, 1.807) is 11.8 Å². The third kappa shape index (κ3) is 0.713. The van der Waals surface area contributed by atoms with Crippen molar-refractivity contribution in [1.82, 2.24) is 0 Å². The Balaban J connectivity index is 2.25. The Morgan fingerprint density at radius 2 is 2.33 bits per heavy atom. The summed E-state index contributed by atoms with van der Waals surface area (Å²) in [6.45, 7) is 3.57. The third-order valence-electron chi connectivity index (χ3n) is 0.701. The van der Waals surface area contributed by atoms with Gasteiger partial charge in [-0.2, -0.15) is 0 Å². The molecule has 1 rings (SSSR count). The predicted octanol–water partition coefficient (Wildman–Crippen LogP) is 1.85. The second kappa shape index (κ2) is 1.47. The molecule has 1 saturated heterocycles. The summed E-state index contributed by atoms with van der Waals surface area (Å²) in [6.07, 6.45) is 1.88. The number of halogens is 1. The summed E-state index contributed by atoms with van der Waals surface area (Å²) in [5.74, 6) is 0. The van der Waals surface area contributed by atoms with Crippen molar-refractivity contribution in [3.8, 4) is 0 Å². The van der Waals surface area contributed by atoms with Crippen LogP contribution < -0.4 is 0 Å². The number of hydrogen-bond donors (Lipinski definition) is 0. The maximum atomic E-state index is 5.54. The van der Waals surface area contributed by atoms with Crippen molar-refractivity contribution >= 4 is 23.4 Å². The zero-order chi connectivity index (χ0) is 4.57. The lowest BCUT2D eigenvalue weighted by Crippen LogP contribution is -1.73. The molecular formula is C4H5ClS. The fraction of sp³-hybridized carbons (Fsp3) is 0.500. The van der Waals surface area contributed by atoms with Crippen LogP contribution in [0, 0.1) is 0 Å². The molecule has 0 nitrogen and oxygen atoms in total. The van der Waals surface area contributed by atoms with Gasteiger partial charge in [-0.1, -0.05) is 6.08 Å². The first-order chi connectivity index (χ1) is 2.84. The van der Waals surface area contributed by atoms with Crippen molar-refractivity contribution in [1.29, 1.82) is 0 Å². The van der Waals surface area contributed by atoms with E-state index < -0.39 is 0 Å². The van der Waals surface area contributed by atoms with Crippen molar-refractivity contribution in [3.05, 3.63) is 12.7 Å². The Labute approximate surface area is 46.6 Å². The number of hydrogen-bond acceptors (Lipinski definition) is 1. The van der Waals surface area contributed by atoms with E-state index in [-0.39, 0.29) is 0 Å². The fourth-order valence-corrected chi connectivity index (χ4v) is 1.16. The number of alkyl halides is 1. The topological polar surface area (TPSA) is 0 Å². The van der Waals surface area contributed by atoms with E-state index in [2.05, 4.69) is 6.58 Å². The molecule has 0 aromatic carbocycles. The highest BCUT2D eigenvalue weighted by molar-refractivity contribution is 8.09. The lowest BCUT2D eigenvalue weighted by molar-refractivity contribution is 1.35. The van der Waals surface area contributed by atoms with Gasteiger partial charge in [-0.25, -0.2) is 0 Å². The van der Waals surface area contributed by atoms with Gasteiger partial charge in [0, 0.05) is 5.25 Å². The van der Waals surface area contributed by atoms with Crippen LogP contribution in [0.25, 0.3) is 0 Å². The van der Waals surface area contributed by atoms with Crippen molar-refractivity contribution in [2.24, 2.45) is 0 Å². The van der Waals surface area contributed by atoms with E-state index in [0.717, 1.165) is 0 Å². The Morgan fingerprint density at radius 1 is 1.83 bits per heavy atom. The average Bonchev–Trinajstić information content (AvgIpc) is 2.19. The van der Waals surface area contributed by atoms with Crippen LogP contribution in [0.1, 0.15) is 0 Å². The van der Waals surface area contributed by atoms with Gasteiger partial charge in [0.15, 0.2) is 0 Å². The summed E-state index contributed by atoms with van der Waals surface area (Å²) >= 11 is 7.28. The molecule has 0 N–H and O–H groups in total. The summed E-state index contributed by atoms with van der Waals surface area (Å²) in [5.41, 5.74) is 0. The molecule has 1 heterocycles. The van der Waals surface area contributed by atoms with Gasteiger partial charge in [-0.3, -0.25) is 0 Å². The van der Waals surface area contributed by atoms with Gasteiger partial charge in [0.1, 0.15) is 0 Å². The standard InChI is InChI=1S/C4H5ClS/c1-2-3-4(5)6-3/h2-4H,1H2. The van der Waals surface area contributed by atoms with Crippen LogP contribution in [0.5, 0.6) is 0 Å². The van der Waals surface area contributed by atoms with Crippen molar-refractivity contribution in [2.45, 2.75) is 9.96 Å². The van der Waals surface area contributed by atoms with E-state index in [0.29, 0.717) is 9.96 Å². The van der Waals surface area contributed by atoms with E-state index in [1.165, 1.54) is 0 Å². The second-order valence-corrected chi connectivity index (χ2v) is 3.24. The van der Waals surface area contributed by atoms with Gasteiger partial charge in [0.25, 0.3) is 0 Å². The first-order valence-corrected chi connectivity index (χ1v) is 3.14. The van der Waals surface area contributed by atoms with Crippen molar-refractivity contribution in [3.63, 3.8) is 0 Å². The largest absolute Gasteiger partial charge is 0.131 e. The maximum Gasteiger partial charge on any atom is 0.0948 e. The highest BCUT2D eigenvalue weighted by atomic mass is 35.5. The van der Waals surface area contributed by atoms with Crippen LogP contribution in [0.15, 0.2) is 12.7 Å². The Hall–Kier alpha value is 0.380. The monoisotopic (exact) mass is 120 g/mol. The molecule has 1 fully saturated rings. The number of rotatable bonds is 1. The van der Waals surface area contributed by atoms with Gasteiger partial charge >= 0.3 is 0 Å². The summed E-state index contributed by atoms with van der Waals surface area (Å²) in [5, 5.41) is 0.548. The normalized spacial score (nSPS) is 42.2. The summed E-state index contributed by atoms with van der Waals surface area (Å²) < 4.78 is 0.336. The third-order valence-corrected chi connectivity index (χ3v) is 2.45. The Bertz CT molecular complexity index is 71.9. The minimum absolute atomic E-state index is 0.336. The van der Waals surface area contributed by atoms with E-state index >= 15 is 0 Å². The van der Waals surface area contributed by atoms with E-state index in [9.17, 15) is 0 Å². The van der Waals surface area contributed by atoms with E-state index in [4.69, 9.17) is 11.6 Å². The van der Waals surface area contributed by atoms with Gasteiger partial charge in [-0.15, -0.1) is 29.9 Å². The minimum Gasteiger partial charge on any atom is -0.131 e. The molecule has 0 bridgehead atoms. The molecule has 0 amide bonds. The average molecular weight is 121 g/mol. The number of thioether (sulfide) groups is 1. The predicted molar refractivity (Wildman–Crippen MR) is 31.2 cm³/mol. The molecule has 1 aliphatic heterocycles. The Kier molecular flexibility index (Phi) is 1.11. The molecule has 2 heteroatoms. The molecule has 6 heavy (non-hydrogen) atoms. The van der Waals surface area contributed by atoms with Crippen molar-refractivity contribution in [2.75, 3.05) is 0 Å². The molecule has 0 spiro atoms. The minimum atomic E-state index is 0.336. The highest BCUT2D eigenvalue weighted by Crippen LogP contribution is 2.44. The van der Waals surface area contributed by atoms with Crippen LogP contribution in [-0.4, -0.2) is 9.96 Å². The van der Waals surface area contributed by atoms with Crippen LogP contribution >= 0.6 is 23.4 Å². The first-order valence-electron chi connectivity index (χ1n) is 1.76. The SMILES string of the molecule is C=CC1SC1Cl. The molecule has 2 unspecified atom stereocenters. The lowest BCUT2D eigenvalue weighted by atomic mass is 10.5. The second-order valence-electron chi connectivity index (χ2n) is 1.19. The molecular weight excluding hydrogens is 116 g/mol. The van der Waals surface area contributed by atoms with Crippen LogP contribution in [0.2, 0.25) is 0 Å². The fourth-order valence-electron chi connectivity index (χ4n) is 0.267. The lowest BCUT2D eigenvalue weighted by Gasteiger charge is -1.66. The first kappa shape index (κ1) is 4.54. The molecule has 0 saturated carbocycles. The molecule has 0 radical (unpaired) electrons. The van der Waals surface area contributed by atoms with Gasteiger partial charge in [-0.05, 0) is 0 Å². The van der Waals surface area contributed by atoms with E-state index in [1.807, 2.05) is 6.08 Å². The van der Waals surface area contributed by atoms with Crippen LogP contribution in [0.4, 0.5) is 0 Å². The van der Waals surface area contributed by atoms with Crippen LogP contribution in [0.3, 0.4) is 0 Å². The smallest absolute Gasteiger partial charge is 0.0948 e. The molecule has 0 aromatic heterocycles. The Morgan fingerprint density at radius 3 is 2.33 bits per heavy atom. The molecule has 2 atom stereocenters. The highest BCUT2D eigenvalue weighted by Gasteiger charge is 2.32. The van der Waals surface area contributed by atoms with Crippen LogP contribution in [-0.2, 0) is 0 Å². The van der Waals surface area contributed by atoms with Gasteiger partial charge in [0.05, 0.1) is 4.71 Å². The zero-order valence-electron chi connectivity index (χ0n) is 3.23. The van der Waals surface area contributed by atoms with Crippen molar-refractivity contribution < 1.29 is 0 Å². The summed E-state index contributed by atoms with van der Waals surface area (Å²) in [4.78, 5) is 0. The van der Waals surface area contributed by atoms with Gasteiger partial charge in [0.2, 0.25) is 0 Å².